The molecule has 0 aliphatic carbocycles. The van der Waals surface area contributed by atoms with Gasteiger partial charge in [0.05, 0.1) is 16.7 Å². The van der Waals surface area contributed by atoms with E-state index in [4.69, 9.17) is 0 Å². The fourth-order valence-corrected chi connectivity index (χ4v) is 3.60. The Morgan fingerprint density at radius 3 is 2.74 bits per heavy atom. The van der Waals surface area contributed by atoms with Crippen LogP contribution in [0.25, 0.3) is 0 Å². The van der Waals surface area contributed by atoms with Gasteiger partial charge in [0.1, 0.15) is 0 Å². The van der Waals surface area contributed by atoms with Crippen LogP contribution in [0.15, 0.2) is 24.3 Å². The molecule has 4 heteroatoms. The van der Waals surface area contributed by atoms with Crippen molar-refractivity contribution in [3.8, 4) is 0 Å². The topological polar surface area (TPSA) is 36.4 Å². The number of aliphatic hydroxyl groups excluding tert-OH is 1. The number of aromatic nitrogens is 1. The van der Waals surface area contributed by atoms with E-state index in [0.717, 1.165) is 35.2 Å². The molecule has 0 saturated carbocycles. The molecule has 2 heterocycles. The summed E-state index contributed by atoms with van der Waals surface area (Å²) in [5.74, 6) is 0. The van der Waals surface area contributed by atoms with Crippen molar-refractivity contribution in [2.45, 2.75) is 32.9 Å². The lowest BCUT2D eigenvalue weighted by Crippen LogP contribution is -2.30. The van der Waals surface area contributed by atoms with Crippen molar-refractivity contribution in [1.29, 1.82) is 0 Å². The maximum Gasteiger partial charge on any atom is 0.186 e. The van der Waals surface area contributed by atoms with E-state index in [2.05, 4.69) is 34.1 Å². The fraction of sp³-hybridized carbons (Fsp3) is 0.400. The maximum atomic E-state index is 9.73. The summed E-state index contributed by atoms with van der Waals surface area (Å²) in [7, 11) is 0. The predicted molar refractivity (Wildman–Crippen MR) is 78.7 cm³/mol. The average Bonchev–Trinajstić information content (AvgIpc) is 2.80. The van der Waals surface area contributed by atoms with Gasteiger partial charge in [-0.1, -0.05) is 35.6 Å². The van der Waals surface area contributed by atoms with Crippen molar-refractivity contribution in [3.05, 3.63) is 46.0 Å². The minimum atomic E-state index is -0.427. The predicted octanol–water partition coefficient (Wildman–Crippen LogP) is 3.07. The van der Waals surface area contributed by atoms with Gasteiger partial charge in [-0.05, 0) is 31.4 Å². The lowest BCUT2D eigenvalue weighted by molar-refractivity contribution is 0.202. The number of hydrogen-bond acceptors (Lipinski definition) is 4. The Hall–Kier alpha value is -1.39. The summed E-state index contributed by atoms with van der Waals surface area (Å²) in [4.78, 5) is 7.90. The Kier molecular flexibility index (Phi) is 3.29. The van der Waals surface area contributed by atoms with Gasteiger partial charge in [-0.3, -0.25) is 0 Å². The highest BCUT2D eigenvalue weighted by Gasteiger charge is 2.20. The molecule has 0 amide bonds. The normalized spacial score (nSPS) is 16.3. The van der Waals surface area contributed by atoms with Crippen LogP contribution < -0.4 is 4.90 Å². The summed E-state index contributed by atoms with van der Waals surface area (Å²) in [6, 6.07) is 8.60. The number of aryl methyl sites for hydroxylation is 1. The largest absolute Gasteiger partial charge is 0.388 e. The molecule has 3 rings (SSSR count). The Bertz CT molecular complexity index is 592. The minimum Gasteiger partial charge on any atom is -0.388 e. The van der Waals surface area contributed by atoms with Crippen molar-refractivity contribution in [2.75, 3.05) is 11.4 Å². The molecule has 1 atom stereocenters. The molecule has 0 fully saturated rings. The second-order valence-corrected chi connectivity index (χ2v) is 6.07. The number of rotatable bonds is 2. The van der Waals surface area contributed by atoms with Crippen molar-refractivity contribution in [2.24, 2.45) is 0 Å². The molecule has 0 saturated heterocycles. The van der Waals surface area contributed by atoms with E-state index < -0.39 is 6.10 Å². The Balaban J connectivity index is 1.87. The monoisotopic (exact) mass is 274 g/mol. The molecular formula is C15H18N2OS. The first-order chi connectivity index (χ1) is 9.15. The van der Waals surface area contributed by atoms with Crippen molar-refractivity contribution in [1.82, 2.24) is 4.98 Å². The summed E-state index contributed by atoms with van der Waals surface area (Å²) in [5, 5.41) is 10.8. The number of thiazole rings is 1. The van der Waals surface area contributed by atoms with Crippen LogP contribution in [0.4, 0.5) is 5.13 Å². The van der Waals surface area contributed by atoms with Gasteiger partial charge in [-0.2, -0.15) is 0 Å². The molecule has 0 radical (unpaired) electrons. The third-order valence-electron chi connectivity index (χ3n) is 3.60. The van der Waals surface area contributed by atoms with Gasteiger partial charge in [0.25, 0.3) is 0 Å². The molecule has 0 spiro atoms. The second kappa shape index (κ2) is 4.94. The summed E-state index contributed by atoms with van der Waals surface area (Å²) in [5.41, 5.74) is 3.79. The van der Waals surface area contributed by atoms with Gasteiger partial charge in [0.2, 0.25) is 0 Å². The van der Waals surface area contributed by atoms with E-state index in [1.54, 1.807) is 18.3 Å². The van der Waals surface area contributed by atoms with Crippen molar-refractivity contribution < 1.29 is 5.11 Å². The Morgan fingerprint density at radius 1 is 1.32 bits per heavy atom. The molecular weight excluding hydrogens is 256 g/mol. The number of fused-ring (bicyclic) bond motifs is 1. The zero-order valence-electron chi connectivity index (χ0n) is 11.3. The van der Waals surface area contributed by atoms with Crippen LogP contribution in [0.3, 0.4) is 0 Å². The standard InChI is InChI=1S/C15H18N2OS/c1-10-14(11(2)18)19-15(16-10)17-8-7-12-5-3-4-6-13(12)9-17/h3-6,11,18H,7-9H2,1-2H3. The molecule has 1 aliphatic heterocycles. The molecule has 0 bridgehead atoms. The van der Waals surface area contributed by atoms with Gasteiger partial charge in [0.15, 0.2) is 5.13 Å². The van der Waals surface area contributed by atoms with Gasteiger partial charge in [-0.15, -0.1) is 0 Å². The zero-order chi connectivity index (χ0) is 13.4. The van der Waals surface area contributed by atoms with E-state index in [-0.39, 0.29) is 0 Å². The zero-order valence-corrected chi connectivity index (χ0v) is 12.1. The van der Waals surface area contributed by atoms with Crippen LogP contribution in [0.2, 0.25) is 0 Å². The molecule has 2 aromatic rings. The van der Waals surface area contributed by atoms with Crippen LogP contribution in [0, 0.1) is 6.92 Å². The summed E-state index contributed by atoms with van der Waals surface area (Å²) in [6.45, 7) is 5.70. The van der Waals surface area contributed by atoms with Crippen molar-refractivity contribution in [3.63, 3.8) is 0 Å². The van der Waals surface area contributed by atoms with Gasteiger partial charge >= 0.3 is 0 Å². The van der Waals surface area contributed by atoms with Crippen molar-refractivity contribution >= 4 is 16.5 Å². The molecule has 1 unspecified atom stereocenters. The molecule has 1 aliphatic rings. The minimum absolute atomic E-state index is 0.427. The molecule has 1 N–H and O–H groups in total. The summed E-state index contributed by atoms with van der Waals surface area (Å²) < 4.78 is 0. The number of anilines is 1. The SMILES string of the molecule is Cc1nc(N2CCc3ccccc3C2)sc1C(C)O. The molecule has 19 heavy (non-hydrogen) atoms. The van der Waals surface area contributed by atoms with Crippen LogP contribution >= 0.6 is 11.3 Å². The lowest BCUT2D eigenvalue weighted by Gasteiger charge is -2.28. The highest BCUT2D eigenvalue weighted by atomic mass is 32.1. The molecule has 1 aromatic heterocycles. The van der Waals surface area contributed by atoms with E-state index in [1.807, 2.05) is 6.92 Å². The van der Waals surface area contributed by atoms with Crippen LogP contribution in [-0.2, 0) is 13.0 Å². The fourth-order valence-electron chi connectivity index (χ4n) is 2.58. The smallest absolute Gasteiger partial charge is 0.186 e. The molecule has 3 nitrogen and oxygen atoms in total. The lowest BCUT2D eigenvalue weighted by atomic mass is 10.0. The number of hydrogen-bond donors (Lipinski definition) is 1. The third kappa shape index (κ3) is 2.38. The maximum absolute atomic E-state index is 9.73. The number of nitrogens with zero attached hydrogens (tertiary/aromatic N) is 2. The van der Waals surface area contributed by atoms with Gasteiger partial charge < -0.3 is 10.0 Å². The highest BCUT2D eigenvalue weighted by Crippen LogP contribution is 2.33. The first-order valence-corrected chi connectivity index (χ1v) is 7.44. The first-order valence-electron chi connectivity index (χ1n) is 6.62. The molecule has 100 valence electrons. The Morgan fingerprint density at radius 2 is 2.05 bits per heavy atom. The van der Waals surface area contributed by atoms with Crippen LogP contribution in [-0.4, -0.2) is 16.6 Å². The van der Waals surface area contributed by atoms with E-state index >= 15 is 0 Å². The second-order valence-electron chi connectivity index (χ2n) is 5.06. The van der Waals surface area contributed by atoms with Crippen LogP contribution in [0.5, 0.6) is 0 Å². The summed E-state index contributed by atoms with van der Waals surface area (Å²) >= 11 is 1.61. The van der Waals surface area contributed by atoms with E-state index in [9.17, 15) is 5.11 Å². The summed E-state index contributed by atoms with van der Waals surface area (Å²) in [6.07, 6.45) is 0.641. The highest BCUT2D eigenvalue weighted by molar-refractivity contribution is 7.15. The van der Waals surface area contributed by atoms with Gasteiger partial charge in [-0.25, -0.2) is 4.98 Å². The first kappa shape index (κ1) is 12.6. The Labute approximate surface area is 117 Å². The quantitative estimate of drug-likeness (QED) is 0.914. The van der Waals surface area contributed by atoms with E-state index in [1.165, 1.54) is 11.1 Å². The molecule has 1 aromatic carbocycles. The van der Waals surface area contributed by atoms with Crippen LogP contribution in [0.1, 0.15) is 34.7 Å². The van der Waals surface area contributed by atoms with Gasteiger partial charge in [0, 0.05) is 13.1 Å². The number of aliphatic hydroxyl groups is 1. The third-order valence-corrected chi connectivity index (χ3v) is 4.99. The van der Waals surface area contributed by atoms with E-state index in [0.29, 0.717) is 0 Å². The average molecular weight is 274 g/mol. The number of benzene rings is 1.